The summed E-state index contributed by atoms with van der Waals surface area (Å²) in [5, 5.41) is 8.36. The van der Waals surface area contributed by atoms with Gasteiger partial charge in [0.15, 0.2) is 0 Å². The van der Waals surface area contributed by atoms with Gasteiger partial charge in [-0.25, -0.2) is 17.5 Å². The molecule has 0 spiro atoms. The third-order valence-corrected chi connectivity index (χ3v) is 3.78. The highest BCUT2D eigenvalue weighted by atomic mass is 32.2. The first kappa shape index (κ1) is 13.2. The SMILES string of the molecule is CN(C)S(=O)(=O)c1ccc(C#CC(=O)O)cc1. The number of benzene rings is 1. The average molecular weight is 253 g/mol. The highest BCUT2D eigenvalue weighted by Crippen LogP contribution is 2.13. The Morgan fingerprint density at radius 2 is 1.76 bits per heavy atom. The highest BCUT2D eigenvalue weighted by molar-refractivity contribution is 7.89. The van der Waals surface area contributed by atoms with E-state index in [0.717, 1.165) is 4.31 Å². The van der Waals surface area contributed by atoms with Gasteiger partial charge < -0.3 is 5.11 Å². The zero-order valence-corrected chi connectivity index (χ0v) is 10.2. The van der Waals surface area contributed by atoms with Crippen molar-refractivity contribution in [1.82, 2.24) is 4.31 Å². The van der Waals surface area contributed by atoms with Crippen molar-refractivity contribution >= 4 is 16.0 Å². The number of carbonyl (C=O) groups is 1. The van der Waals surface area contributed by atoms with Crippen LogP contribution in [0.5, 0.6) is 0 Å². The van der Waals surface area contributed by atoms with Gasteiger partial charge in [-0.1, -0.05) is 5.92 Å². The number of hydrogen-bond donors (Lipinski definition) is 1. The monoisotopic (exact) mass is 253 g/mol. The maximum Gasteiger partial charge on any atom is 0.382 e. The Balaban J connectivity index is 3.06. The van der Waals surface area contributed by atoms with Crippen molar-refractivity contribution < 1.29 is 18.3 Å². The molecule has 0 saturated carbocycles. The predicted molar refractivity (Wildman–Crippen MR) is 61.8 cm³/mol. The largest absolute Gasteiger partial charge is 0.472 e. The van der Waals surface area contributed by atoms with Crippen LogP contribution in [0.3, 0.4) is 0 Å². The van der Waals surface area contributed by atoms with Crippen molar-refractivity contribution in [2.45, 2.75) is 4.90 Å². The molecule has 0 aromatic heterocycles. The summed E-state index contributed by atoms with van der Waals surface area (Å²) < 4.78 is 24.5. The molecule has 90 valence electrons. The van der Waals surface area contributed by atoms with Crippen LogP contribution in [-0.2, 0) is 14.8 Å². The Bertz CT molecular complexity index is 576. The van der Waals surface area contributed by atoms with E-state index in [-0.39, 0.29) is 4.90 Å². The van der Waals surface area contributed by atoms with Crippen LogP contribution in [0.4, 0.5) is 0 Å². The molecule has 0 saturated heterocycles. The van der Waals surface area contributed by atoms with E-state index in [0.29, 0.717) is 5.56 Å². The lowest BCUT2D eigenvalue weighted by Crippen LogP contribution is -2.22. The Kier molecular flexibility index (Phi) is 3.89. The van der Waals surface area contributed by atoms with Gasteiger partial charge in [0, 0.05) is 25.6 Å². The molecule has 0 radical (unpaired) electrons. The number of aliphatic carboxylic acids is 1. The molecule has 0 heterocycles. The second kappa shape index (κ2) is 4.99. The number of nitrogens with zero attached hydrogens (tertiary/aromatic N) is 1. The summed E-state index contributed by atoms with van der Waals surface area (Å²) in [4.78, 5) is 10.4. The van der Waals surface area contributed by atoms with Crippen LogP contribution >= 0.6 is 0 Å². The van der Waals surface area contributed by atoms with Gasteiger partial charge in [-0.05, 0) is 24.3 Å². The Hall–Kier alpha value is -1.84. The van der Waals surface area contributed by atoms with Crippen molar-refractivity contribution in [3.63, 3.8) is 0 Å². The fourth-order valence-electron chi connectivity index (χ4n) is 1.05. The molecular formula is C11H11NO4S. The minimum atomic E-state index is -3.46. The van der Waals surface area contributed by atoms with Crippen molar-refractivity contribution in [2.24, 2.45) is 0 Å². The van der Waals surface area contributed by atoms with Gasteiger partial charge in [0.25, 0.3) is 0 Å². The summed E-state index contributed by atoms with van der Waals surface area (Å²) in [7, 11) is -0.580. The minimum Gasteiger partial charge on any atom is -0.472 e. The molecule has 0 fully saturated rings. The standard InChI is InChI=1S/C11H11NO4S/c1-12(2)17(15,16)10-6-3-9(4-7-10)5-8-11(13)14/h3-4,6-7H,1-2H3,(H,13,14). The van der Waals surface area contributed by atoms with Gasteiger partial charge in [-0.3, -0.25) is 0 Å². The summed E-state index contributed by atoms with van der Waals surface area (Å²) >= 11 is 0. The number of rotatable bonds is 2. The van der Waals surface area contributed by atoms with E-state index >= 15 is 0 Å². The van der Waals surface area contributed by atoms with E-state index in [9.17, 15) is 13.2 Å². The number of carboxylic acid groups (broad SMARTS) is 1. The van der Waals surface area contributed by atoms with E-state index in [1.807, 2.05) is 5.92 Å². The van der Waals surface area contributed by atoms with Crippen molar-refractivity contribution in [1.29, 1.82) is 0 Å². The molecule has 1 N–H and O–H groups in total. The molecule has 5 nitrogen and oxygen atoms in total. The second-order valence-electron chi connectivity index (χ2n) is 3.37. The average Bonchev–Trinajstić information content (AvgIpc) is 2.26. The summed E-state index contributed by atoms with van der Waals surface area (Å²) in [5.74, 6) is 3.12. The van der Waals surface area contributed by atoms with Gasteiger partial charge in [-0.15, -0.1) is 0 Å². The van der Waals surface area contributed by atoms with Crippen LogP contribution < -0.4 is 0 Å². The number of carboxylic acids is 1. The highest BCUT2D eigenvalue weighted by Gasteiger charge is 2.16. The molecule has 0 bridgehead atoms. The van der Waals surface area contributed by atoms with E-state index in [2.05, 4.69) is 5.92 Å². The molecule has 0 unspecified atom stereocenters. The van der Waals surface area contributed by atoms with Crippen molar-refractivity contribution in [3.8, 4) is 11.8 Å². The van der Waals surface area contributed by atoms with Crippen LogP contribution in [-0.4, -0.2) is 37.9 Å². The van der Waals surface area contributed by atoms with Gasteiger partial charge >= 0.3 is 5.97 Å². The first-order chi connectivity index (χ1) is 7.84. The maximum absolute atomic E-state index is 11.7. The van der Waals surface area contributed by atoms with Crippen LogP contribution in [0.25, 0.3) is 0 Å². The molecule has 1 aromatic carbocycles. The van der Waals surface area contributed by atoms with E-state index in [4.69, 9.17) is 5.11 Å². The fraction of sp³-hybridized carbons (Fsp3) is 0.182. The van der Waals surface area contributed by atoms with Crippen LogP contribution in [0.15, 0.2) is 29.2 Å². The third kappa shape index (κ3) is 3.31. The van der Waals surface area contributed by atoms with E-state index < -0.39 is 16.0 Å². The normalized spacial score (nSPS) is 10.8. The lowest BCUT2D eigenvalue weighted by Gasteiger charge is -2.10. The fourth-order valence-corrected chi connectivity index (χ4v) is 1.95. The van der Waals surface area contributed by atoms with E-state index in [1.54, 1.807) is 0 Å². The topological polar surface area (TPSA) is 74.7 Å². The molecule has 1 rings (SSSR count). The smallest absolute Gasteiger partial charge is 0.382 e. The molecule has 1 aromatic rings. The summed E-state index contributed by atoms with van der Waals surface area (Å²) in [6, 6.07) is 5.71. The van der Waals surface area contributed by atoms with E-state index in [1.165, 1.54) is 38.4 Å². The lowest BCUT2D eigenvalue weighted by molar-refractivity contribution is -0.130. The van der Waals surface area contributed by atoms with Gasteiger partial charge in [-0.2, -0.15) is 0 Å². The molecule has 6 heteroatoms. The van der Waals surface area contributed by atoms with Crippen LogP contribution in [0.1, 0.15) is 5.56 Å². The van der Waals surface area contributed by atoms with Crippen molar-refractivity contribution in [3.05, 3.63) is 29.8 Å². The van der Waals surface area contributed by atoms with Crippen molar-refractivity contribution in [2.75, 3.05) is 14.1 Å². The van der Waals surface area contributed by atoms with Crippen LogP contribution in [0.2, 0.25) is 0 Å². The first-order valence-electron chi connectivity index (χ1n) is 4.61. The molecule has 0 atom stereocenters. The Labute approximate surface area is 99.7 Å². The number of sulfonamides is 1. The number of hydrogen-bond acceptors (Lipinski definition) is 3. The van der Waals surface area contributed by atoms with Gasteiger partial charge in [0.05, 0.1) is 4.90 Å². The van der Waals surface area contributed by atoms with Crippen LogP contribution in [0, 0.1) is 11.8 Å². The first-order valence-corrected chi connectivity index (χ1v) is 6.05. The molecule has 0 aliphatic heterocycles. The Morgan fingerprint density at radius 3 is 2.18 bits per heavy atom. The van der Waals surface area contributed by atoms with Gasteiger partial charge in [0.1, 0.15) is 0 Å². The lowest BCUT2D eigenvalue weighted by atomic mass is 10.2. The molecular weight excluding hydrogens is 242 g/mol. The quantitative estimate of drug-likeness (QED) is 0.773. The maximum atomic E-state index is 11.7. The summed E-state index contributed by atoms with van der Waals surface area (Å²) in [6.45, 7) is 0. The summed E-state index contributed by atoms with van der Waals surface area (Å²) in [5.41, 5.74) is 0.449. The molecule has 0 amide bonds. The zero-order valence-electron chi connectivity index (χ0n) is 9.34. The molecule has 0 aliphatic carbocycles. The molecule has 0 aliphatic rings. The zero-order chi connectivity index (χ0) is 13.1. The predicted octanol–water partition coefficient (Wildman–Crippen LogP) is 0.373. The molecule has 17 heavy (non-hydrogen) atoms. The third-order valence-electron chi connectivity index (χ3n) is 1.95. The second-order valence-corrected chi connectivity index (χ2v) is 5.52. The Morgan fingerprint density at radius 1 is 1.24 bits per heavy atom. The minimum absolute atomic E-state index is 0.142. The summed E-state index contributed by atoms with van der Waals surface area (Å²) in [6.07, 6.45) is 0. The van der Waals surface area contributed by atoms with Gasteiger partial charge in [0.2, 0.25) is 10.0 Å².